The molecule has 7 rings (SSSR count). The van der Waals surface area contributed by atoms with Crippen molar-refractivity contribution in [3.63, 3.8) is 0 Å². The molecule has 2 unspecified atom stereocenters. The maximum atomic E-state index is 12.9. The zero-order valence-electron chi connectivity index (χ0n) is 19.2. The molecule has 0 saturated carbocycles. The van der Waals surface area contributed by atoms with E-state index in [9.17, 15) is 4.39 Å². The Labute approximate surface area is 196 Å². The molecule has 34 heavy (non-hydrogen) atoms. The minimum absolute atomic E-state index is 0.000944. The van der Waals surface area contributed by atoms with E-state index in [1.165, 1.54) is 6.42 Å². The molecule has 3 aromatic heterocycles. The summed E-state index contributed by atoms with van der Waals surface area (Å²) in [4.78, 5) is 20.6. The summed E-state index contributed by atoms with van der Waals surface area (Å²) >= 11 is 0. The van der Waals surface area contributed by atoms with Crippen LogP contribution in [-0.4, -0.2) is 63.0 Å². The van der Waals surface area contributed by atoms with E-state index >= 15 is 0 Å². The number of imidazole rings is 1. The number of alkyl halides is 1. The Morgan fingerprint density at radius 1 is 1.18 bits per heavy atom. The number of fused-ring (bicyclic) bond motifs is 5. The highest BCUT2D eigenvalue weighted by molar-refractivity contribution is 6.02. The van der Waals surface area contributed by atoms with Crippen LogP contribution in [0.1, 0.15) is 26.3 Å². The van der Waals surface area contributed by atoms with Gasteiger partial charge in [-0.25, -0.2) is 24.3 Å². The van der Waals surface area contributed by atoms with Gasteiger partial charge in [0.2, 0.25) is 5.95 Å². The van der Waals surface area contributed by atoms with Gasteiger partial charge in [0.15, 0.2) is 0 Å². The van der Waals surface area contributed by atoms with Gasteiger partial charge in [0.1, 0.15) is 30.4 Å². The molecule has 3 aliphatic rings. The average molecular weight is 463 g/mol. The lowest BCUT2D eigenvalue weighted by atomic mass is 9.91. The SMILES string of the molecule is CC(C)n1cnc2ccc3cnc(Nc4cc(OCCF)c(N5CC6CC(C5)N6)cn4)nc3c21. The van der Waals surface area contributed by atoms with Gasteiger partial charge >= 0.3 is 0 Å². The topological polar surface area (TPSA) is 93.0 Å². The molecule has 6 heterocycles. The van der Waals surface area contributed by atoms with Crippen LogP contribution < -0.4 is 20.3 Å². The van der Waals surface area contributed by atoms with Gasteiger partial charge in [0, 0.05) is 48.9 Å². The second-order valence-corrected chi connectivity index (χ2v) is 9.21. The van der Waals surface area contributed by atoms with Crippen molar-refractivity contribution in [3.8, 4) is 5.75 Å². The number of piperidine rings is 1. The lowest BCUT2D eigenvalue weighted by Gasteiger charge is -2.49. The fourth-order valence-electron chi connectivity index (χ4n) is 4.89. The Hall–Kier alpha value is -3.53. The van der Waals surface area contributed by atoms with E-state index < -0.39 is 6.67 Å². The van der Waals surface area contributed by atoms with Crippen molar-refractivity contribution in [2.75, 3.05) is 36.6 Å². The van der Waals surface area contributed by atoms with Gasteiger partial charge in [-0.05, 0) is 32.4 Å². The Bertz CT molecular complexity index is 1340. The van der Waals surface area contributed by atoms with E-state index in [-0.39, 0.29) is 12.6 Å². The van der Waals surface area contributed by atoms with Gasteiger partial charge in [0.25, 0.3) is 0 Å². The van der Waals surface area contributed by atoms with Crippen LogP contribution in [0.3, 0.4) is 0 Å². The number of benzene rings is 1. The van der Waals surface area contributed by atoms with Crippen LogP contribution in [0, 0.1) is 0 Å². The number of rotatable bonds is 7. The molecular formula is C24H27FN8O. The molecule has 0 spiro atoms. The van der Waals surface area contributed by atoms with E-state index in [4.69, 9.17) is 9.72 Å². The molecule has 3 fully saturated rings. The van der Waals surface area contributed by atoms with Crippen LogP contribution in [0.5, 0.6) is 5.75 Å². The maximum Gasteiger partial charge on any atom is 0.228 e. The number of hydrogen-bond acceptors (Lipinski definition) is 8. The molecule has 0 radical (unpaired) electrons. The first kappa shape index (κ1) is 21.0. The zero-order chi connectivity index (χ0) is 23.2. The average Bonchev–Trinajstić information content (AvgIpc) is 3.28. The van der Waals surface area contributed by atoms with Crippen molar-refractivity contribution >= 4 is 39.4 Å². The third-order valence-electron chi connectivity index (χ3n) is 6.52. The minimum Gasteiger partial charge on any atom is -0.488 e. The summed E-state index contributed by atoms with van der Waals surface area (Å²) in [5, 5.41) is 7.66. The first-order valence-electron chi connectivity index (χ1n) is 11.7. The summed E-state index contributed by atoms with van der Waals surface area (Å²) in [5.74, 6) is 1.58. The number of aromatic nitrogens is 5. The molecule has 0 amide bonds. The largest absolute Gasteiger partial charge is 0.488 e. The Kier molecular flexibility index (Phi) is 5.17. The Balaban J connectivity index is 1.33. The van der Waals surface area contributed by atoms with Crippen molar-refractivity contribution < 1.29 is 9.13 Å². The second kappa shape index (κ2) is 8.35. The molecule has 4 aromatic rings. The Morgan fingerprint density at radius 2 is 2.00 bits per heavy atom. The molecule has 2 atom stereocenters. The lowest BCUT2D eigenvalue weighted by Crippen LogP contribution is -2.67. The fraction of sp³-hybridized carbons (Fsp3) is 0.417. The second-order valence-electron chi connectivity index (χ2n) is 9.21. The number of anilines is 3. The van der Waals surface area contributed by atoms with Crippen molar-refractivity contribution in [1.29, 1.82) is 0 Å². The third-order valence-corrected chi connectivity index (χ3v) is 6.52. The smallest absolute Gasteiger partial charge is 0.228 e. The number of pyridine rings is 1. The van der Waals surface area contributed by atoms with E-state index in [2.05, 4.69) is 48.9 Å². The normalized spacial score (nSPS) is 19.6. The number of ether oxygens (including phenoxy) is 1. The van der Waals surface area contributed by atoms with E-state index in [1.54, 1.807) is 18.5 Å². The molecule has 10 heteroatoms. The Morgan fingerprint density at radius 3 is 2.76 bits per heavy atom. The first-order chi connectivity index (χ1) is 16.6. The minimum atomic E-state index is -0.551. The lowest BCUT2D eigenvalue weighted by molar-refractivity contribution is 0.223. The fourth-order valence-corrected chi connectivity index (χ4v) is 4.89. The summed E-state index contributed by atoms with van der Waals surface area (Å²) in [7, 11) is 0. The maximum absolute atomic E-state index is 12.9. The summed E-state index contributed by atoms with van der Waals surface area (Å²) in [6.45, 7) is 5.47. The summed E-state index contributed by atoms with van der Waals surface area (Å²) in [5.41, 5.74) is 3.58. The van der Waals surface area contributed by atoms with Gasteiger partial charge in [0.05, 0.1) is 29.2 Å². The highest BCUT2D eigenvalue weighted by Gasteiger charge is 2.37. The molecule has 2 N–H and O–H groups in total. The number of piperazine rings is 1. The first-order valence-corrected chi connectivity index (χ1v) is 11.7. The van der Waals surface area contributed by atoms with E-state index in [1.807, 2.05) is 18.5 Å². The monoisotopic (exact) mass is 462 g/mol. The highest BCUT2D eigenvalue weighted by Crippen LogP contribution is 2.35. The van der Waals surface area contributed by atoms with E-state index in [0.717, 1.165) is 40.7 Å². The van der Waals surface area contributed by atoms with Crippen LogP contribution in [0.15, 0.2) is 36.9 Å². The zero-order valence-corrected chi connectivity index (χ0v) is 19.2. The van der Waals surface area contributed by atoms with Crippen LogP contribution in [0.4, 0.5) is 21.8 Å². The summed E-state index contributed by atoms with van der Waals surface area (Å²) in [6, 6.07) is 7.00. The quantitative estimate of drug-likeness (QED) is 0.430. The van der Waals surface area contributed by atoms with Gasteiger partial charge in [-0.3, -0.25) is 0 Å². The van der Waals surface area contributed by atoms with Crippen molar-refractivity contribution in [3.05, 3.63) is 36.9 Å². The predicted octanol–water partition coefficient (Wildman–Crippen LogP) is 3.60. The molecule has 0 aliphatic carbocycles. The number of hydrogen-bond donors (Lipinski definition) is 2. The van der Waals surface area contributed by atoms with Gasteiger partial charge < -0.3 is 24.8 Å². The molecule has 1 aromatic carbocycles. The highest BCUT2D eigenvalue weighted by atomic mass is 19.1. The molecule has 2 bridgehead atoms. The van der Waals surface area contributed by atoms with Crippen molar-refractivity contribution in [1.82, 2.24) is 29.8 Å². The van der Waals surface area contributed by atoms with Crippen molar-refractivity contribution in [2.24, 2.45) is 0 Å². The third kappa shape index (κ3) is 3.67. The number of halogens is 1. The van der Waals surface area contributed by atoms with Crippen LogP contribution in [-0.2, 0) is 0 Å². The standard InChI is InChI=1S/C24H27FN8O/c1-14(2)33-13-28-18-4-3-15-9-27-24(31-22(15)23(18)33)30-21-8-20(34-6-5-25)19(10-26-21)32-11-16-7-17(12-32)29-16/h3-4,8-10,13-14,16-17,29H,5-7,11-12H2,1-2H3,(H,26,27,30,31). The predicted molar refractivity (Wildman–Crippen MR) is 130 cm³/mol. The number of nitrogens with zero attached hydrogens (tertiary/aromatic N) is 6. The molecule has 3 saturated heterocycles. The molecular weight excluding hydrogens is 435 g/mol. The van der Waals surface area contributed by atoms with Crippen LogP contribution in [0.25, 0.3) is 21.9 Å². The molecule has 3 aliphatic heterocycles. The summed E-state index contributed by atoms with van der Waals surface area (Å²) in [6.07, 6.45) is 6.63. The van der Waals surface area contributed by atoms with Crippen LogP contribution in [0.2, 0.25) is 0 Å². The van der Waals surface area contributed by atoms with Gasteiger partial charge in [-0.1, -0.05) is 0 Å². The number of nitrogens with one attached hydrogen (secondary N) is 2. The van der Waals surface area contributed by atoms with Gasteiger partial charge in [-0.15, -0.1) is 0 Å². The molecule has 9 nitrogen and oxygen atoms in total. The van der Waals surface area contributed by atoms with Gasteiger partial charge in [-0.2, -0.15) is 0 Å². The van der Waals surface area contributed by atoms with Crippen molar-refractivity contribution in [2.45, 2.75) is 38.4 Å². The van der Waals surface area contributed by atoms with Crippen LogP contribution >= 0.6 is 0 Å². The summed E-state index contributed by atoms with van der Waals surface area (Å²) < 4.78 is 20.8. The molecule has 176 valence electrons. The van der Waals surface area contributed by atoms with E-state index in [0.29, 0.717) is 29.6 Å².